The van der Waals surface area contributed by atoms with E-state index in [4.69, 9.17) is 4.74 Å². The van der Waals surface area contributed by atoms with Crippen LogP contribution in [0, 0.1) is 13.8 Å². The van der Waals surface area contributed by atoms with Crippen LogP contribution in [0.15, 0.2) is 10.5 Å². The summed E-state index contributed by atoms with van der Waals surface area (Å²) in [6, 6.07) is 1.94. The molecule has 1 rings (SSSR count). The van der Waals surface area contributed by atoms with Crippen LogP contribution in [0.4, 0.5) is 0 Å². The van der Waals surface area contributed by atoms with Crippen molar-refractivity contribution in [3.8, 4) is 5.75 Å². The summed E-state index contributed by atoms with van der Waals surface area (Å²) in [5.41, 5.74) is 3.03. The molecule has 1 atom stereocenters. The predicted molar refractivity (Wildman–Crippen MR) is 69.1 cm³/mol. The van der Waals surface area contributed by atoms with Gasteiger partial charge in [0.15, 0.2) is 0 Å². The van der Waals surface area contributed by atoms with Gasteiger partial charge in [0, 0.05) is 6.54 Å². The molecule has 0 radical (unpaired) electrons. The number of hydrogen-bond donors (Lipinski definition) is 2. The zero-order chi connectivity index (χ0) is 12.3. The van der Waals surface area contributed by atoms with Gasteiger partial charge in [-0.25, -0.2) is 0 Å². The van der Waals surface area contributed by atoms with Crippen molar-refractivity contribution >= 4 is 15.9 Å². The molecule has 1 unspecified atom stereocenters. The van der Waals surface area contributed by atoms with E-state index in [1.54, 1.807) is 7.11 Å². The van der Waals surface area contributed by atoms with E-state index >= 15 is 0 Å². The van der Waals surface area contributed by atoms with Gasteiger partial charge >= 0.3 is 0 Å². The van der Waals surface area contributed by atoms with E-state index in [2.05, 4.69) is 21.2 Å². The summed E-state index contributed by atoms with van der Waals surface area (Å²) in [7, 11) is 3.47. The van der Waals surface area contributed by atoms with Gasteiger partial charge in [-0.1, -0.05) is 0 Å². The summed E-state index contributed by atoms with van der Waals surface area (Å²) >= 11 is 3.49. The Labute approximate surface area is 105 Å². The molecule has 0 bridgehead atoms. The van der Waals surface area contributed by atoms with Gasteiger partial charge in [0.05, 0.1) is 17.7 Å². The van der Waals surface area contributed by atoms with Crippen molar-refractivity contribution in [3.05, 3.63) is 27.2 Å². The Morgan fingerprint density at radius 3 is 2.62 bits per heavy atom. The quantitative estimate of drug-likeness (QED) is 0.893. The Morgan fingerprint density at radius 2 is 2.12 bits per heavy atom. The zero-order valence-electron chi connectivity index (χ0n) is 10.1. The van der Waals surface area contributed by atoms with Gasteiger partial charge in [0.25, 0.3) is 0 Å². The molecular formula is C12H18BrNO2. The number of aryl methyl sites for hydroxylation is 1. The Morgan fingerprint density at radius 1 is 1.50 bits per heavy atom. The highest BCUT2D eigenvalue weighted by molar-refractivity contribution is 9.10. The van der Waals surface area contributed by atoms with E-state index in [1.165, 1.54) is 0 Å². The standard InChI is InChI=1S/C12H18BrNO2/c1-7-5-10(16-4)12(13)8(2)11(7)9(15)6-14-3/h5,9,14-15H,6H2,1-4H3. The molecule has 1 aromatic carbocycles. The largest absolute Gasteiger partial charge is 0.496 e. The van der Waals surface area contributed by atoms with Crippen LogP contribution >= 0.6 is 15.9 Å². The second-order valence-electron chi connectivity index (χ2n) is 3.82. The molecule has 0 spiro atoms. The number of benzene rings is 1. The molecule has 90 valence electrons. The van der Waals surface area contributed by atoms with E-state index in [9.17, 15) is 5.11 Å². The minimum atomic E-state index is -0.493. The fourth-order valence-electron chi connectivity index (χ4n) is 1.89. The van der Waals surface area contributed by atoms with Crippen molar-refractivity contribution < 1.29 is 9.84 Å². The first-order valence-electron chi connectivity index (χ1n) is 5.19. The van der Waals surface area contributed by atoms with Crippen LogP contribution < -0.4 is 10.1 Å². The molecule has 2 N–H and O–H groups in total. The number of aliphatic hydroxyl groups excluding tert-OH is 1. The van der Waals surface area contributed by atoms with E-state index in [0.29, 0.717) is 6.54 Å². The lowest BCUT2D eigenvalue weighted by Crippen LogP contribution is -2.18. The van der Waals surface area contributed by atoms with Gasteiger partial charge in [-0.3, -0.25) is 0 Å². The highest BCUT2D eigenvalue weighted by Gasteiger charge is 2.17. The molecule has 0 aliphatic rings. The molecular weight excluding hydrogens is 270 g/mol. The summed E-state index contributed by atoms with van der Waals surface area (Å²) in [5, 5.41) is 13.0. The van der Waals surface area contributed by atoms with E-state index in [1.807, 2.05) is 27.0 Å². The topological polar surface area (TPSA) is 41.5 Å². The summed E-state index contributed by atoms with van der Waals surface area (Å²) in [6.07, 6.45) is -0.493. The average Bonchev–Trinajstić information content (AvgIpc) is 2.24. The second kappa shape index (κ2) is 5.66. The minimum absolute atomic E-state index is 0.493. The second-order valence-corrected chi connectivity index (χ2v) is 4.61. The van der Waals surface area contributed by atoms with Gasteiger partial charge < -0.3 is 15.2 Å². The number of ether oxygens (including phenoxy) is 1. The first-order valence-corrected chi connectivity index (χ1v) is 5.98. The normalized spacial score (nSPS) is 12.6. The highest BCUT2D eigenvalue weighted by Crippen LogP contribution is 2.35. The summed E-state index contributed by atoms with van der Waals surface area (Å²) < 4.78 is 6.17. The van der Waals surface area contributed by atoms with Crippen molar-refractivity contribution in [2.24, 2.45) is 0 Å². The Kier molecular flexibility index (Phi) is 4.77. The number of halogens is 1. The fourth-order valence-corrected chi connectivity index (χ4v) is 2.38. The summed E-state index contributed by atoms with van der Waals surface area (Å²) in [4.78, 5) is 0. The molecule has 0 aliphatic carbocycles. The van der Waals surface area contributed by atoms with E-state index in [0.717, 1.165) is 26.9 Å². The number of methoxy groups -OCH3 is 1. The van der Waals surface area contributed by atoms with Crippen LogP contribution in [0.2, 0.25) is 0 Å². The maximum atomic E-state index is 10.0. The monoisotopic (exact) mass is 287 g/mol. The first kappa shape index (κ1) is 13.5. The molecule has 16 heavy (non-hydrogen) atoms. The molecule has 0 aromatic heterocycles. The third-order valence-corrected chi connectivity index (χ3v) is 3.66. The predicted octanol–water partition coefficient (Wildman–Crippen LogP) is 2.33. The van der Waals surface area contributed by atoms with E-state index < -0.39 is 6.10 Å². The average molecular weight is 288 g/mol. The van der Waals surface area contributed by atoms with Gasteiger partial charge in [0.2, 0.25) is 0 Å². The molecule has 0 saturated heterocycles. The van der Waals surface area contributed by atoms with Crippen molar-refractivity contribution in [1.29, 1.82) is 0 Å². The minimum Gasteiger partial charge on any atom is -0.496 e. The van der Waals surface area contributed by atoms with Crippen LogP contribution in [-0.4, -0.2) is 25.8 Å². The smallest absolute Gasteiger partial charge is 0.133 e. The van der Waals surface area contributed by atoms with Crippen LogP contribution in [-0.2, 0) is 0 Å². The van der Waals surface area contributed by atoms with Crippen molar-refractivity contribution in [2.45, 2.75) is 20.0 Å². The lowest BCUT2D eigenvalue weighted by atomic mass is 9.97. The zero-order valence-corrected chi connectivity index (χ0v) is 11.7. The molecule has 0 aliphatic heterocycles. The molecule has 0 amide bonds. The first-order chi connectivity index (χ1) is 7.52. The van der Waals surface area contributed by atoms with E-state index in [-0.39, 0.29) is 0 Å². The summed E-state index contributed by atoms with van der Waals surface area (Å²) in [5.74, 6) is 0.801. The van der Waals surface area contributed by atoms with Gasteiger partial charge in [0.1, 0.15) is 5.75 Å². The van der Waals surface area contributed by atoms with Crippen LogP contribution in [0.1, 0.15) is 22.8 Å². The lowest BCUT2D eigenvalue weighted by Gasteiger charge is -2.19. The number of nitrogens with one attached hydrogen (secondary N) is 1. The SMILES string of the molecule is CNCC(O)c1c(C)cc(OC)c(Br)c1C. The van der Waals surface area contributed by atoms with Crippen LogP contribution in [0.25, 0.3) is 0 Å². The van der Waals surface area contributed by atoms with Crippen molar-refractivity contribution in [1.82, 2.24) is 5.32 Å². The van der Waals surface area contributed by atoms with Gasteiger partial charge in [-0.05, 0) is 59.6 Å². The maximum absolute atomic E-state index is 10.0. The lowest BCUT2D eigenvalue weighted by molar-refractivity contribution is 0.176. The van der Waals surface area contributed by atoms with Crippen LogP contribution in [0.3, 0.4) is 0 Å². The van der Waals surface area contributed by atoms with Crippen molar-refractivity contribution in [2.75, 3.05) is 20.7 Å². The molecule has 1 aromatic rings. The molecule has 0 heterocycles. The highest BCUT2D eigenvalue weighted by atomic mass is 79.9. The maximum Gasteiger partial charge on any atom is 0.133 e. The van der Waals surface area contributed by atoms with Crippen LogP contribution in [0.5, 0.6) is 5.75 Å². The number of likely N-dealkylation sites (N-methyl/N-ethyl adjacent to an activating group) is 1. The van der Waals surface area contributed by atoms with Crippen molar-refractivity contribution in [3.63, 3.8) is 0 Å². The number of rotatable bonds is 4. The van der Waals surface area contributed by atoms with Gasteiger partial charge in [-0.15, -0.1) is 0 Å². The third kappa shape index (κ3) is 2.56. The third-order valence-electron chi connectivity index (χ3n) is 2.67. The summed E-state index contributed by atoms with van der Waals surface area (Å²) in [6.45, 7) is 4.50. The Balaban J connectivity index is 3.24. The number of hydrogen-bond acceptors (Lipinski definition) is 3. The fraction of sp³-hybridized carbons (Fsp3) is 0.500. The molecule has 4 heteroatoms. The molecule has 0 fully saturated rings. The Hall–Kier alpha value is -0.580. The van der Waals surface area contributed by atoms with Gasteiger partial charge in [-0.2, -0.15) is 0 Å². The number of aliphatic hydroxyl groups is 1. The molecule has 3 nitrogen and oxygen atoms in total. The molecule has 0 saturated carbocycles. The Bertz CT molecular complexity index is 380.